The molecule has 3 aromatic heterocycles. The first-order valence-corrected chi connectivity index (χ1v) is 8.02. The lowest BCUT2D eigenvalue weighted by molar-refractivity contribution is -0.0405. The third kappa shape index (κ3) is 3.28. The molecular formula is C17H21N5O. The van der Waals surface area contributed by atoms with Crippen molar-refractivity contribution < 1.29 is 4.74 Å². The van der Waals surface area contributed by atoms with Gasteiger partial charge in [0.1, 0.15) is 5.65 Å². The summed E-state index contributed by atoms with van der Waals surface area (Å²) in [7, 11) is 0. The van der Waals surface area contributed by atoms with E-state index in [1.54, 1.807) is 0 Å². The molecule has 0 N–H and O–H groups in total. The zero-order valence-corrected chi connectivity index (χ0v) is 13.3. The number of nitrogens with zero attached hydrogens (tertiary/aromatic N) is 5. The van der Waals surface area contributed by atoms with Crippen LogP contribution in [-0.2, 0) is 17.8 Å². The third-order valence-electron chi connectivity index (χ3n) is 4.18. The van der Waals surface area contributed by atoms with Gasteiger partial charge in [-0.3, -0.25) is 9.58 Å². The Morgan fingerprint density at radius 2 is 2.26 bits per heavy atom. The van der Waals surface area contributed by atoms with Gasteiger partial charge in [-0.15, -0.1) is 0 Å². The average molecular weight is 311 g/mol. The Hall–Kier alpha value is -2.18. The molecule has 120 valence electrons. The Bertz CT molecular complexity index is 760. The fraction of sp³-hybridized carbons (Fsp3) is 0.412. The van der Waals surface area contributed by atoms with E-state index in [1.807, 2.05) is 35.3 Å². The number of imidazole rings is 1. The molecule has 1 aliphatic rings. The van der Waals surface area contributed by atoms with Crippen molar-refractivity contribution in [2.45, 2.75) is 26.1 Å². The molecule has 6 heteroatoms. The number of ether oxygens (including phenoxy) is 1. The average Bonchev–Trinajstić information content (AvgIpc) is 3.13. The van der Waals surface area contributed by atoms with E-state index >= 15 is 0 Å². The molecule has 0 radical (unpaired) electrons. The summed E-state index contributed by atoms with van der Waals surface area (Å²) in [6.07, 6.45) is 8.27. The van der Waals surface area contributed by atoms with Crippen LogP contribution in [0.5, 0.6) is 0 Å². The molecule has 0 unspecified atom stereocenters. The van der Waals surface area contributed by atoms with E-state index in [1.165, 1.54) is 5.56 Å². The van der Waals surface area contributed by atoms with E-state index in [0.29, 0.717) is 0 Å². The second-order valence-corrected chi connectivity index (χ2v) is 6.17. The minimum Gasteiger partial charge on any atom is -0.374 e. The Balaban J connectivity index is 1.40. The molecule has 3 aromatic rings. The molecule has 0 aliphatic carbocycles. The summed E-state index contributed by atoms with van der Waals surface area (Å²) in [6, 6.07) is 6.07. The summed E-state index contributed by atoms with van der Waals surface area (Å²) in [6.45, 7) is 6.34. The van der Waals surface area contributed by atoms with Crippen LogP contribution in [0.3, 0.4) is 0 Å². The highest BCUT2D eigenvalue weighted by atomic mass is 16.5. The van der Waals surface area contributed by atoms with Gasteiger partial charge >= 0.3 is 0 Å². The summed E-state index contributed by atoms with van der Waals surface area (Å²) in [5.74, 6) is 0. The van der Waals surface area contributed by atoms with Gasteiger partial charge in [-0.25, -0.2) is 4.98 Å². The lowest BCUT2D eigenvalue weighted by atomic mass is 10.2. The molecule has 6 nitrogen and oxygen atoms in total. The molecule has 1 saturated heterocycles. The van der Waals surface area contributed by atoms with Crippen molar-refractivity contribution in [3.05, 3.63) is 54.2 Å². The van der Waals surface area contributed by atoms with Crippen molar-refractivity contribution in [2.24, 2.45) is 0 Å². The van der Waals surface area contributed by atoms with Crippen LogP contribution in [0, 0.1) is 6.92 Å². The van der Waals surface area contributed by atoms with Gasteiger partial charge in [-0.1, -0.05) is 6.07 Å². The van der Waals surface area contributed by atoms with Crippen LogP contribution in [0.1, 0.15) is 11.3 Å². The largest absolute Gasteiger partial charge is 0.374 e. The van der Waals surface area contributed by atoms with Gasteiger partial charge in [0.15, 0.2) is 0 Å². The zero-order valence-electron chi connectivity index (χ0n) is 13.3. The summed E-state index contributed by atoms with van der Waals surface area (Å²) in [5.41, 5.74) is 3.29. The predicted molar refractivity (Wildman–Crippen MR) is 87.2 cm³/mol. The molecule has 0 bridgehead atoms. The van der Waals surface area contributed by atoms with E-state index in [-0.39, 0.29) is 6.10 Å². The number of pyridine rings is 1. The molecule has 4 rings (SSSR count). The molecule has 4 heterocycles. The van der Waals surface area contributed by atoms with Gasteiger partial charge < -0.3 is 9.14 Å². The van der Waals surface area contributed by atoms with Gasteiger partial charge in [0.2, 0.25) is 0 Å². The molecule has 1 aliphatic heterocycles. The Morgan fingerprint density at radius 3 is 3.09 bits per heavy atom. The van der Waals surface area contributed by atoms with Crippen molar-refractivity contribution in [1.82, 2.24) is 24.1 Å². The number of aromatic nitrogens is 4. The highest BCUT2D eigenvalue weighted by Gasteiger charge is 2.21. The maximum atomic E-state index is 5.89. The van der Waals surface area contributed by atoms with E-state index in [4.69, 9.17) is 4.74 Å². The van der Waals surface area contributed by atoms with E-state index in [9.17, 15) is 0 Å². The fourth-order valence-corrected chi connectivity index (χ4v) is 3.10. The van der Waals surface area contributed by atoms with Gasteiger partial charge in [0.05, 0.1) is 31.1 Å². The predicted octanol–water partition coefficient (Wildman–Crippen LogP) is 1.74. The number of morpholine rings is 1. The first-order chi connectivity index (χ1) is 11.3. The molecule has 0 aromatic carbocycles. The van der Waals surface area contributed by atoms with E-state index in [2.05, 4.69) is 38.7 Å². The van der Waals surface area contributed by atoms with Gasteiger partial charge in [0, 0.05) is 38.2 Å². The van der Waals surface area contributed by atoms with Gasteiger partial charge in [-0.2, -0.15) is 5.10 Å². The van der Waals surface area contributed by atoms with Crippen molar-refractivity contribution >= 4 is 5.65 Å². The van der Waals surface area contributed by atoms with E-state index in [0.717, 1.165) is 44.1 Å². The van der Waals surface area contributed by atoms with Crippen LogP contribution in [0.25, 0.3) is 5.65 Å². The highest BCUT2D eigenvalue weighted by molar-refractivity contribution is 5.39. The molecule has 1 fully saturated rings. The Kier molecular flexibility index (Phi) is 3.85. The Morgan fingerprint density at radius 1 is 1.30 bits per heavy atom. The molecule has 0 amide bonds. The van der Waals surface area contributed by atoms with Crippen molar-refractivity contribution in [1.29, 1.82) is 0 Å². The molecule has 0 spiro atoms. The number of fused-ring (bicyclic) bond motifs is 1. The quantitative estimate of drug-likeness (QED) is 0.736. The standard InChI is InChI=1S/C17H21N5O/c1-14-8-18-22(9-14)13-16-12-20(6-7-23-16)10-15-11-21-5-3-2-4-17(21)19-15/h2-5,8-9,11,16H,6-7,10,12-13H2,1H3/t16-/m1/s1. The van der Waals surface area contributed by atoms with Crippen molar-refractivity contribution in [2.75, 3.05) is 19.7 Å². The summed E-state index contributed by atoms with van der Waals surface area (Å²) in [5, 5.41) is 4.35. The van der Waals surface area contributed by atoms with Crippen LogP contribution in [0.15, 0.2) is 43.0 Å². The minimum absolute atomic E-state index is 0.181. The smallest absolute Gasteiger partial charge is 0.137 e. The zero-order chi connectivity index (χ0) is 15.6. The minimum atomic E-state index is 0.181. The van der Waals surface area contributed by atoms with Crippen LogP contribution in [0.4, 0.5) is 0 Å². The third-order valence-corrected chi connectivity index (χ3v) is 4.18. The van der Waals surface area contributed by atoms with E-state index < -0.39 is 0 Å². The summed E-state index contributed by atoms with van der Waals surface area (Å²) >= 11 is 0. The fourth-order valence-electron chi connectivity index (χ4n) is 3.10. The number of aryl methyl sites for hydroxylation is 1. The van der Waals surface area contributed by atoms with Crippen molar-refractivity contribution in [3.63, 3.8) is 0 Å². The van der Waals surface area contributed by atoms with Crippen LogP contribution < -0.4 is 0 Å². The number of hydrogen-bond donors (Lipinski definition) is 0. The second kappa shape index (κ2) is 6.14. The molecule has 23 heavy (non-hydrogen) atoms. The maximum absolute atomic E-state index is 5.89. The van der Waals surface area contributed by atoms with Crippen LogP contribution in [-0.4, -0.2) is 49.9 Å². The first kappa shape index (κ1) is 14.4. The summed E-state index contributed by atoms with van der Waals surface area (Å²) < 4.78 is 9.93. The summed E-state index contributed by atoms with van der Waals surface area (Å²) in [4.78, 5) is 7.09. The first-order valence-electron chi connectivity index (χ1n) is 8.02. The SMILES string of the molecule is Cc1cnn(C[C@H]2CN(Cc3cn4ccccc4n3)CCO2)c1. The number of hydrogen-bond acceptors (Lipinski definition) is 4. The van der Waals surface area contributed by atoms with Crippen LogP contribution >= 0.6 is 0 Å². The normalized spacial score (nSPS) is 19.4. The van der Waals surface area contributed by atoms with Gasteiger partial charge in [-0.05, 0) is 24.6 Å². The topological polar surface area (TPSA) is 47.6 Å². The maximum Gasteiger partial charge on any atom is 0.137 e. The van der Waals surface area contributed by atoms with Crippen LogP contribution in [0.2, 0.25) is 0 Å². The number of rotatable bonds is 4. The molecule has 0 saturated carbocycles. The van der Waals surface area contributed by atoms with Gasteiger partial charge in [0.25, 0.3) is 0 Å². The lowest BCUT2D eigenvalue weighted by Gasteiger charge is -2.32. The Labute approximate surface area is 135 Å². The lowest BCUT2D eigenvalue weighted by Crippen LogP contribution is -2.43. The second-order valence-electron chi connectivity index (χ2n) is 6.17. The highest BCUT2D eigenvalue weighted by Crippen LogP contribution is 2.12. The molecule has 1 atom stereocenters. The monoisotopic (exact) mass is 311 g/mol. The van der Waals surface area contributed by atoms with Crippen molar-refractivity contribution in [3.8, 4) is 0 Å². The molecular weight excluding hydrogens is 290 g/mol.